The molecule has 0 aliphatic carbocycles. The predicted octanol–water partition coefficient (Wildman–Crippen LogP) is 3.05. The molecule has 0 atom stereocenters. The summed E-state index contributed by atoms with van der Waals surface area (Å²) in [6.45, 7) is 11.5. The molecule has 0 saturated heterocycles. The van der Waals surface area contributed by atoms with Gasteiger partial charge in [-0.2, -0.15) is 5.10 Å². The van der Waals surface area contributed by atoms with Crippen molar-refractivity contribution < 1.29 is 0 Å². The van der Waals surface area contributed by atoms with Gasteiger partial charge in [-0.15, -0.1) is 0 Å². The lowest BCUT2D eigenvalue weighted by Crippen LogP contribution is -2.21. The first-order valence-electron chi connectivity index (χ1n) is 7.67. The number of aromatic nitrogens is 2. The van der Waals surface area contributed by atoms with Crippen LogP contribution in [0.25, 0.3) is 5.69 Å². The van der Waals surface area contributed by atoms with Crippen LogP contribution in [0.2, 0.25) is 0 Å². The molecular formula is C17H26N4. The zero-order valence-corrected chi connectivity index (χ0v) is 13.8. The molecule has 114 valence electrons. The van der Waals surface area contributed by atoms with Crippen LogP contribution in [0.1, 0.15) is 30.8 Å². The van der Waals surface area contributed by atoms with E-state index < -0.39 is 0 Å². The van der Waals surface area contributed by atoms with Crippen molar-refractivity contribution in [1.82, 2.24) is 15.1 Å². The highest BCUT2D eigenvalue weighted by molar-refractivity contribution is 5.51. The van der Waals surface area contributed by atoms with Crippen molar-refractivity contribution in [3.8, 4) is 5.69 Å². The Hall–Kier alpha value is -1.81. The molecule has 0 radical (unpaired) electrons. The van der Waals surface area contributed by atoms with Crippen LogP contribution in [0.3, 0.4) is 0 Å². The molecule has 21 heavy (non-hydrogen) atoms. The van der Waals surface area contributed by atoms with Gasteiger partial charge in [0.1, 0.15) is 0 Å². The van der Waals surface area contributed by atoms with E-state index in [9.17, 15) is 0 Å². The number of nitrogens with zero attached hydrogens (tertiary/aromatic N) is 3. The third kappa shape index (κ3) is 3.10. The average molecular weight is 286 g/mol. The molecule has 2 rings (SSSR count). The largest absolute Gasteiger partial charge is 0.372 e. The first-order chi connectivity index (χ1) is 10.1. The zero-order valence-electron chi connectivity index (χ0n) is 13.8. The van der Waals surface area contributed by atoms with Crippen molar-refractivity contribution in [2.75, 3.05) is 25.0 Å². The van der Waals surface area contributed by atoms with Gasteiger partial charge in [0.25, 0.3) is 0 Å². The maximum Gasteiger partial charge on any atom is 0.0650 e. The van der Waals surface area contributed by atoms with E-state index in [1.54, 1.807) is 0 Å². The zero-order chi connectivity index (χ0) is 15.4. The average Bonchev–Trinajstić information content (AvgIpc) is 2.78. The fraction of sp³-hybridized carbons (Fsp3) is 0.471. The van der Waals surface area contributed by atoms with Crippen molar-refractivity contribution in [2.24, 2.45) is 0 Å². The van der Waals surface area contributed by atoms with Crippen molar-refractivity contribution in [1.29, 1.82) is 0 Å². The molecule has 1 aromatic carbocycles. The Kier molecular flexibility index (Phi) is 5.02. The van der Waals surface area contributed by atoms with Crippen LogP contribution in [0.5, 0.6) is 0 Å². The number of anilines is 1. The maximum atomic E-state index is 4.68. The molecule has 0 amide bonds. The SMILES string of the molecule is CCN(CC)c1ccc(-n2nc(C)c(CNC)c2C)cc1. The van der Waals surface area contributed by atoms with Crippen LogP contribution >= 0.6 is 0 Å². The molecule has 4 heteroatoms. The summed E-state index contributed by atoms with van der Waals surface area (Å²) >= 11 is 0. The number of hydrogen-bond acceptors (Lipinski definition) is 3. The summed E-state index contributed by atoms with van der Waals surface area (Å²) in [5, 5.41) is 7.89. The number of aryl methyl sites for hydroxylation is 1. The molecule has 0 aliphatic heterocycles. The van der Waals surface area contributed by atoms with Crippen LogP contribution in [0.15, 0.2) is 24.3 Å². The summed E-state index contributed by atoms with van der Waals surface area (Å²) in [6.07, 6.45) is 0. The molecule has 0 bridgehead atoms. The lowest BCUT2D eigenvalue weighted by molar-refractivity contribution is 0.800. The van der Waals surface area contributed by atoms with Gasteiger partial charge in [0.2, 0.25) is 0 Å². The summed E-state index contributed by atoms with van der Waals surface area (Å²) in [7, 11) is 1.97. The van der Waals surface area contributed by atoms with E-state index in [4.69, 9.17) is 0 Å². The third-order valence-corrected chi connectivity index (χ3v) is 4.02. The Morgan fingerprint density at radius 1 is 1.10 bits per heavy atom. The Balaban J connectivity index is 2.33. The second-order valence-electron chi connectivity index (χ2n) is 5.28. The lowest BCUT2D eigenvalue weighted by Gasteiger charge is -2.21. The molecule has 0 aliphatic rings. The predicted molar refractivity (Wildman–Crippen MR) is 89.4 cm³/mol. The van der Waals surface area contributed by atoms with Gasteiger partial charge < -0.3 is 10.2 Å². The van der Waals surface area contributed by atoms with Crippen molar-refractivity contribution in [2.45, 2.75) is 34.2 Å². The lowest BCUT2D eigenvalue weighted by atomic mass is 10.2. The molecule has 1 N–H and O–H groups in total. The van der Waals surface area contributed by atoms with E-state index in [1.165, 1.54) is 16.9 Å². The van der Waals surface area contributed by atoms with E-state index >= 15 is 0 Å². The Labute approximate surface area is 127 Å². The fourth-order valence-electron chi connectivity index (χ4n) is 2.75. The van der Waals surface area contributed by atoms with Crippen LogP contribution in [-0.4, -0.2) is 29.9 Å². The Morgan fingerprint density at radius 3 is 2.24 bits per heavy atom. The first kappa shape index (κ1) is 15.6. The highest BCUT2D eigenvalue weighted by Crippen LogP contribution is 2.21. The molecule has 0 spiro atoms. The van der Waals surface area contributed by atoms with Gasteiger partial charge in [-0.25, -0.2) is 4.68 Å². The van der Waals surface area contributed by atoms with Gasteiger partial charge >= 0.3 is 0 Å². The summed E-state index contributed by atoms with van der Waals surface area (Å²) in [6, 6.07) is 8.65. The highest BCUT2D eigenvalue weighted by Gasteiger charge is 2.12. The quantitative estimate of drug-likeness (QED) is 0.886. The number of nitrogens with one attached hydrogen (secondary N) is 1. The molecule has 2 aromatic rings. The number of rotatable bonds is 6. The standard InChI is InChI=1S/C17H26N4/c1-6-20(7-2)15-8-10-16(11-9-15)21-14(4)17(12-18-5)13(3)19-21/h8-11,18H,6-7,12H2,1-5H3. The number of hydrogen-bond donors (Lipinski definition) is 1. The second kappa shape index (κ2) is 6.76. The Morgan fingerprint density at radius 2 is 1.71 bits per heavy atom. The van der Waals surface area contributed by atoms with Crippen LogP contribution < -0.4 is 10.2 Å². The maximum absolute atomic E-state index is 4.68. The second-order valence-corrected chi connectivity index (χ2v) is 5.28. The fourth-order valence-corrected chi connectivity index (χ4v) is 2.75. The molecule has 0 saturated carbocycles. The van der Waals surface area contributed by atoms with E-state index in [2.05, 4.69) is 67.3 Å². The van der Waals surface area contributed by atoms with Gasteiger partial charge in [-0.3, -0.25) is 0 Å². The topological polar surface area (TPSA) is 33.1 Å². The van der Waals surface area contributed by atoms with Gasteiger partial charge in [0, 0.05) is 36.6 Å². The third-order valence-electron chi connectivity index (χ3n) is 4.02. The minimum atomic E-state index is 0.856. The van der Waals surface area contributed by atoms with Gasteiger partial charge in [-0.1, -0.05) is 0 Å². The molecule has 0 fully saturated rings. The Bertz CT molecular complexity index is 580. The van der Waals surface area contributed by atoms with E-state index in [-0.39, 0.29) is 0 Å². The number of benzene rings is 1. The minimum Gasteiger partial charge on any atom is -0.372 e. The normalized spacial score (nSPS) is 10.9. The van der Waals surface area contributed by atoms with E-state index in [1.807, 2.05) is 11.7 Å². The van der Waals surface area contributed by atoms with Crippen LogP contribution in [0.4, 0.5) is 5.69 Å². The highest BCUT2D eigenvalue weighted by atomic mass is 15.3. The summed E-state index contributed by atoms with van der Waals surface area (Å²) in [4.78, 5) is 2.34. The monoisotopic (exact) mass is 286 g/mol. The van der Waals surface area contributed by atoms with E-state index in [0.717, 1.165) is 31.0 Å². The van der Waals surface area contributed by atoms with Gasteiger partial charge in [0.15, 0.2) is 0 Å². The molecular weight excluding hydrogens is 260 g/mol. The first-order valence-corrected chi connectivity index (χ1v) is 7.67. The summed E-state index contributed by atoms with van der Waals surface area (Å²) in [5.41, 5.74) is 5.96. The van der Waals surface area contributed by atoms with Crippen molar-refractivity contribution in [3.63, 3.8) is 0 Å². The summed E-state index contributed by atoms with van der Waals surface area (Å²) < 4.78 is 2.04. The molecule has 4 nitrogen and oxygen atoms in total. The molecule has 0 unspecified atom stereocenters. The van der Waals surface area contributed by atoms with Crippen LogP contribution in [0, 0.1) is 13.8 Å². The smallest absolute Gasteiger partial charge is 0.0650 e. The molecule has 1 aromatic heterocycles. The van der Waals surface area contributed by atoms with Gasteiger partial charge in [-0.05, 0) is 59.0 Å². The van der Waals surface area contributed by atoms with E-state index in [0.29, 0.717) is 0 Å². The summed E-state index contributed by atoms with van der Waals surface area (Å²) in [5.74, 6) is 0. The van der Waals surface area contributed by atoms with Crippen LogP contribution in [-0.2, 0) is 6.54 Å². The molecule has 1 heterocycles. The van der Waals surface area contributed by atoms with Crippen molar-refractivity contribution in [3.05, 3.63) is 41.2 Å². The van der Waals surface area contributed by atoms with Gasteiger partial charge in [0.05, 0.1) is 11.4 Å². The van der Waals surface area contributed by atoms with Crippen molar-refractivity contribution >= 4 is 5.69 Å². The minimum absolute atomic E-state index is 0.856.